The van der Waals surface area contributed by atoms with E-state index in [1.807, 2.05) is 6.07 Å². The average molecular weight is 327 g/mol. The average Bonchev–Trinajstić information content (AvgIpc) is 2.88. The van der Waals surface area contributed by atoms with Gasteiger partial charge < -0.3 is 11.1 Å². The second kappa shape index (κ2) is 7.25. The van der Waals surface area contributed by atoms with E-state index in [0.29, 0.717) is 11.7 Å². The molecular weight excluding hydrogens is 306 g/mol. The number of nitrogens with one attached hydrogen (secondary N) is 2. The van der Waals surface area contributed by atoms with Gasteiger partial charge in [0.05, 0.1) is 5.56 Å². The molecule has 0 saturated heterocycles. The van der Waals surface area contributed by atoms with Crippen LogP contribution in [0.2, 0.25) is 0 Å². The molecule has 0 bridgehead atoms. The largest absolute Gasteiger partial charge is 0.366 e. The van der Waals surface area contributed by atoms with Gasteiger partial charge in [-0.1, -0.05) is 25.7 Å². The molecule has 0 spiro atoms. The molecule has 126 valence electrons. The highest BCUT2D eigenvalue weighted by atomic mass is 16.2. The smallest absolute Gasteiger partial charge is 0.275 e. The molecule has 0 aromatic carbocycles. The molecule has 2 aromatic heterocycles. The molecule has 2 aromatic rings. The van der Waals surface area contributed by atoms with E-state index in [2.05, 4.69) is 20.5 Å². The zero-order valence-electron chi connectivity index (χ0n) is 13.4. The highest BCUT2D eigenvalue weighted by Gasteiger charge is 2.18. The van der Waals surface area contributed by atoms with Gasteiger partial charge >= 0.3 is 0 Å². The van der Waals surface area contributed by atoms with E-state index in [9.17, 15) is 9.59 Å². The standard InChI is InChI=1S/C17H21N5O2/c18-16(23)12-7-8-13(19-10-12)17(24)20-15-9-14(21-22-15)11-5-3-1-2-4-6-11/h7-11H,1-6H2,(H2,18,23)(H2,20,21,22,24). The highest BCUT2D eigenvalue weighted by Crippen LogP contribution is 2.31. The van der Waals surface area contributed by atoms with Crippen molar-refractivity contribution in [2.75, 3.05) is 5.32 Å². The Bertz CT molecular complexity index is 715. The molecule has 7 nitrogen and oxygen atoms in total. The molecule has 4 N–H and O–H groups in total. The fourth-order valence-electron chi connectivity index (χ4n) is 3.05. The molecule has 1 aliphatic carbocycles. The lowest BCUT2D eigenvalue weighted by atomic mass is 9.97. The van der Waals surface area contributed by atoms with Crippen LogP contribution in [0.1, 0.15) is 71.0 Å². The summed E-state index contributed by atoms with van der Waals surface area (Å²) < 4.78 is 0. The van der Waals surface area contributed by atoms with Crippen LogP contribution >= 0.6 is 0 Å². The Labute approximate surface area is 140 Å². The summed E-state index contributed by atoms with van der Waals surface area (Å²) in [6.07, 6.45) is 8.67. The van der Waals surface area contributed by atoms with E-state index in [-0.39, 0.29) is 17.2 Å². The summed E-state index contributed by atoms with van der Waals surface area (Å²) in [4.78, 5) is 27.2. The number of carbonyl (C=O) groups is 2. The second-order valence-electron chi connectivity index (χ2n) is 6.15. The van der Waals surface area contributed by atoms with E-state index in [1.165, 1.54) is 44.0 Å². The maximum atomic E-state index is 12.2. The van der Waals surface area contributed by atoms with Crippen LogP contribution < -0.4 is 11.1 Å². The van der Waals surface area contributed by atoms with Crippen molar-refractivity contribution in [3.05, 3.63) is 41.3 Å². The fourth-order valence-corrected chi connectivity index (χ4v) is 3.05. The molecule has 7 heteroatoms. The molecular formula is C17H21N5O2. The molecule has 0 atom stereocenters. The summed E-state index contributed by atoms with van der Waals surface area (Å²) >= 11 is 0. The number of rotatable bonds is 4. The van der Waals surface area contributed by atoms with E-state index in [1.54, 1.807) is 0 Å². The minimum absolute atomic E-state index is 0.207. The normalized spacial score (nSPS) is 15.7. The molecule has 1 aliphatic rings. The van der Waals surface area contributed by atoms with Crippen LogP contribution in [0.25, 0.3) is 0 Å². The monoisotopic (exact) mass is 327 g/mol. The van der Waals surface area contributed by atoms with Crippen LogP contribution in [-0.2, 0) is 0 Å². The number of anilines is 1. The van der Waals surface area contributed by atoms with E-state index in [4.69, 9.17) is 5.73 Å². The van der Waals surface area contributed by atoms with Crippen molar-refractivity contribution in [3.63, 3.8) is 0 Å². The van der Waals surface area contributed by atoms with Crippen molar-refractivity contribution in [2.24, 2.45) is 5.73 Å². The van der Waals surface area contributed by atoms with E-state index >= 15 is 0 Å². The predicted octanol–water partition coefficient (Wildman–Crippen LogP) is 2.59. The quantitative estimate of drug-likeness (QED) is 0.749. The fraction of sp³-hybridized carbons (Fsp3) is 0.412. The number of aromatic nitrogens is 3. The zero-order chi connectivity index (χ0) is 16.9. The van der Waals surface area contributed by atoms with Crippen LogP contribution in [0.15, 0.2) is 24.4 Å². The van der Waals surface area contributed by atoms with Crippen molar-refractivity contribution in [1.82, 2.24) is 15.2 Å². The number of pyridine rings is 1. The van der Waals surface area contributed by atoms with Gasteiger partial charge in [-0.2, -0.15) is 5.10 Å². The van der Waals surface area contributed by atoms with E-state index in [0.717, 1.165) is 18.5 Å². The lowest BCUT2D eigenvalue weighted by Crippen LogP contribution is -2.16. The summed E-state index contributed by atoms with van der Waals surface area (Å²) in [7, 11) is 0. The first kappa shape index (κ1) is 16.2. The predicted molar refractivity (Wildman–Crippen MR) is 89.7 cm³/mol. The van der Waals surface area contributed by atoms with Gasteiger partial charge in [0, 0.05) is 23.9 Å². The third-order valence-electron chi connectivity index (χ3n) is 4.41. The van der Waals surface area contributed by atoms with Gasteiger partial charge in [-0.3, -0.25) is 19.7 Å². The second-order valence-corrected chi connectivity index (χ2v) is 6.15. The van der Waals surface area contributed by atoms with Crippen LogP contribution in [0.4, 0.5) is 5.82 Å². The molecule has 1 fully saturated rings. The highest BCUT2D eigenvalue weighted by molar-refractivity contribution is 6.02. The topological polar surface area (TPSA) is 114 Å². The Hall–Kier alpha value is -2.70. The molecule has 3 rings (SSSR count). The molecule has 24 heavy (non-hydrogen) atoms. The van der Waals surface area contributed by atoms with Gasteiger partial charge in [0.2, 0.25) is 5.91 Å². The molecule has 0 aliphatic heterocycles. The number of nitrogens with two attached hydrogens (primary N) is 1. The number of hydrogen-bond donors (Lipinski definition) is 3. The van der Waals surface area contributed by atoms with Gasteiger partial charge in [0.15, 0.2) is 5.82 Å². The molecule has 2 amide bonds. The number of hydrogen-bond acceptors (Lipinski definition) is 4. The first-order valence-corrected chi connectivity index (χ1v) is 8.26. The van der Waals surface area contributed by atoms with Crippen molar-refractivity contribution in [3.8, 4) is 0 Å². The van der Waals surface area contributed by atoms with Crippen LogP contribution in [0, 0.1) is 0 Å². The zero-order valence-corrected chi connectivity index (χ0v) is 13.4. The van der Waals surface area contributed by atoms with E-state index < -0.39 is 5.91 Å². The van der Waals surface area contributed by atoms with Crippen molar-refractivity contribution >= 4 is 17.6 Å². The molecule has 1 saturated carbocycles. The number of primary amides is 1. The lowest BCUT2D eigenvalue weighted by Gasteiger charge is -2.10. The van der Waals surface area contributed by atoms with Crippen LogP contribution in [-0.4, -0.2) is 27.0 Å². The Balaban J connectivity index is 1.65. The minimum atomic E-state index is -0.574. The third-order valence-corrected chi connectivity index (χ3v) is 4.41. The molecule has 2 heterocycles. The summed E-state index contributed by atoms with van der Waals surface area (Å²) in [6.45, 7) is 0. The molecule has 0 unspecified atom stereocenters. The SMILES string of the molecule is NC(=O)c1ccc(C(=O)Nc2cc(C3CCCCCC3)[nH]n2)nc1. The first-order chi connectivity index (χ1) is 11.6. The van der Waals surface area contributed by atoms with Gasteiger partial charge in [0.1, 0.15) is 5.69 Å². The number of nitrogens with zero attached hydrogens (tertiary/aromatic N) is 2. The Morgan fingerprint density at radius 3 is 2.54 bits per heavy atom. The number of H-pyrrole nitrogens is 1. The maximum absolute atomic E-state index is 12.2. The summed E-state index contributed by atoms with van der Waals surface area (Å²) in [5.41, 5.74) is 6.70. The Kier molecular flexibility index (Phi) is 4.88. The van der Waals surface area contributed by atoms with Gasteiger partial charge in [-0.15, -0.1) is 0 Å². The van der Waals surface area contributed by atoms with Gasteiger partial charge in [0.25, 0.3) is 5.91 Å². The van der Waals surface area contributed by atoms with Crippen molar-refractivity contribution in [1.29, 1.82) is 0 Å². The number of amides is 2. The van der Waals surface area contributed by atoms with Gasteiger partial charge in [-0.25, -0.2) is 0 Å². The lowest BCUT2D eigenvalue weighted by molar-refractivity contribution is 0.0993. The summed E-state index contributed by atoms with van der Waals surface area (Å²) in [6, 6.07) is 4.84. The first-order valence-electron chi connectivity index (χ1n) is 8.26. The Morgan fingerprint density at radius 1 is 1.17 bits per heavy atom. The number of aromatic amines is 1. The summed E-state index contributed by atoms with van der Waals surface area (Å²) in [5.74, 6) is 0.0263. The van der Waals surface area contributed by atoms with Crippen molar-refractivity contribution in [2.45, 2.75) is 44.4 Å². The minimum Gasteiger partial charge on any atom is -0.366 e. The maximum Gasteiger partial charge on any atom is 0.275 e. The van der Waals surface area contributed by atoms with Crippen LogP contribution in [0.3, 0.4) is 0 Å². The van der Waals surface area contributed by atoms with Crippen LogP contribution in [0.5, 0.6) is 0 Å². The number of carbonyl (C=O) groups excluding carboxylic acids is 2. The third kappa shape index (κ3) is 3.79. The Morgan fingerprint density at radius 2 is 1.92 bits per heavy atom. The molecule has 0 radical (unpaired) electrons. The van der Waals surface area contributed by atoms with Gasteiger partial charge in [-0.05, 0) is 25.0 Å². The van der Waals surface area contributed by atoms with Crippen molar-refractivity contribution < 1.29 is 9.59 Å². The summed E-state index contributed by atoms with van der Waals surface area (Å²) in [5, 5.41) is 9.93.